The molecule has 82 valence electrons. The van der Waals surface area contributed by atoms with Gasteiger partial charge in [0.15, 0.2) is 0 Å². The van der Waals surface area contributed by atoms with Gasteiger partial charge in [0.1, 0.15) is 0 Å². The highest BCUT2D eigenvalue weighted by molar-refractivity contribution is 7.99. The van der Waals surface area contributed by atoms with Crippen LogP contribution >= 0.6 is 35.0 Å². The Morgan fingerprint density at radius 3 is 2.31 bits per heavy atom. The van der Waals surface area contributed by atoms with E-state index in [0.717, 1.165) is 9.79 Å². The molecule has 0 saturated carbocycles. The van der Waals surface area contributed by atoms with Crippen LogP contribution in [-0.4, -0.2) is 0 Å². The van der Waals surface area contributed by atoms with E-state index >= 15 is 0 Å². The number of nitrogen functional groups attached to an aromatic ring is 1. The molecule has 2 aromatic carbocycles. The van der Waals surface area contributed by atoms with Crippen LogP contribution in [0, 0.1) is 0 Å². The van der Waals surface area contributed by atoms with Crippen LogP contribution in [0.15, 0.2) is 52.3 Å². The normalized spacial score (nSPS) is 10.4. The van der Waals surface area contributed by atoms with Gasteiger partial charge in [0.05, 0.1) is 15.7 Å². The molecule has 0 bridgehead atoms. The summed E-state index contributed by atoms with van der Waals surface area (Å²) in [5.74, 6) is 0. The van der Waals surface area contributed by atoms with Crippen molar-refractivity contribution in [1.29, 1.82) is 0 Å². The Bertz CT molecular complexity index is 500. The maximum atomic E-state index is 6.09. The summed E-state index contributed by atoms with van der Waals surface area (Å²) in [5, 5.41) is 1.15. The fourth-order valence-electron chi connectivity index (χ4n) is 1.24. The number of hydrogen-bond donors (Lipinski definition) is 1. The largest absolute Gasteiger partial charge is 0.397 e. The molecular weight excluding hydrogens is 261 g/mol. The Labute approximate surface area is 109 Å². The molecule has 0 aliphatic heterocycles. The summed E-state index contributed by atoms with van der Waals surface area (Å²) in [7, 11) is 0. The molecule has 2 rings (SSSR count). The molecule has 0 atom stereocenters. The van der Waals surface area contributed by atoms with Crippen molar-refractivity contribution >= 4 is 40.7 Å². The predicted molar refractivity (Wildman–Crippen MR) is 71.4 cm³/mol. The first-order chi connectivity index (χ1) is 7.66. The highest BCUT2D eigenvalue weighted by atomic mass is 35.5. The summed E-state index contributed by atoms with van der Waals surface area (Å²) in [5.41, 5.74) is 6.16. The molecule has 0 heterocycles. The highest BCUT2D eigenvalue weighted by Gasteiger charge is 2.06. The third-order valence-electron chi connectivity index (χ3n) is 2.02. The van der Waals surface area contributed by atoms with Gasteiger partial charge < -0.3 is 5.73 Å². The molecule has 0 aliphatic carbocycles. The van der Waals surface area contributed by atoms with Crippen molar-refractivity contribution in [1.82, 2.24) is 0 Å². The van der Waals surface area contributed by atoms with Crippen LogP contribution < -0.4 is 5.73 Å². The van der Waals surface area contributed by atoms with Crippen LogP contribution in [0.25, 0.3) is 0 Å². The Morgan fingerprint density at radius 1 is 0.938 bits per heavy atom. The fraction of sp³-hybridized carbons (Fsp3) is 0. The number of hydrogen-bond acceptors (Lipinski definition) is 2. The van der Waals surface area contributed by atoms with Gasteiger partial charge >= 0.3 is 0 Å². The lowest BCUT2D eigenvalue weighted by Crippen LogP contribution is -1.87. The lowest BCUT2D eigenvalue weighted by molar-refractivity contribution is 1.41. The second-order valence-corrected chi connectivity index (χ2v) is 5.15. The maximum absolute atomic E-state index is 6.09. The van der Waals surface area contributed by atoms with E-state index in [1.807, 2.05) is 30.3 Å². The molecule has 0 unspecified atom stereocenters. The molecule has 4 heteroatoms. The van der Waals surface area contributed by atoms with Gasteiger partial charge in [-0.25, -0.2) is 0 Å². The Kier molecular flexibility index (Phi) is 3.64. The zero-order valence-electron chi connectivity index (χ0n) is 8.28. The third kappa shape index (κ3) is 2.64. The molecule has 2 aromatic rings. The SMILES string of the molecule is Nc1cc(Cl)c(Sc2ccccc2)cc1Cl. The van der Waals surface area contributed by atoms with Gasteiger partial charge in [0, 0.05) is 9.79 Å². The lowest BCUT2D eigenvalue weighted by Gasteiger charge is -2.06. The second kappa shape index (κ2) is 5.00. The summed E-state index contributed by atoms with van der Waals surface area (Å²) in [6.45, 7) is 0. The fourth-order valence-corrected chi connectivity index (χ4v) is 2.63. The van der Waals surface area contributed by atoms with Crippen molar-refractivity contribution in [3.8, 4) is 0 Å². The van der Waals surface area contributed by atoms with Gasteiger partial charge in [-0.1, -0.05) is 53.2 Å². The quantitative estimate of drug-likeness (QED) is 0.798. The smallest absolute Gasteiger partial charge is 0.0647 e. The zero-order chi connectivity index (χ0) is 11.5. The topological polar surface area (TPSA) is 26.0 Å². The van der Waals surface area contributed by atoms with E-state index < -0.39 is 0 Å². The molecule has 16 heavy (non-hydrogen) atoms. The third-order valence-corrected chi connectivity index (χ3v) is 3.84. The van der Waals surface area contributed by atoms with Crippen molar-refractivity contribution < 1.29 is 0 Å². The number of benzene rings is 2. The minimum absolute atomic E-state index is 0.504. The minimum atomic E-state index is 0.504. The van der Waals surface area contributed by atoms with E-state index in [1.54, 1.807) is 23.9 Å². The minimum Gasteiger partial charge on any atom is -0.397 e. The number of anilines is 1. The van der Waals surface area contributed by atoms with Crippen LogP contribution in [0.5, 0.6) is 0 Å². The lowest BCUT2D eigenvalue weighted by atomic mass is 10.3. The predicted octanol–water partition coefficient (Wildman–Crippen LogP) is 4.73. The second-order valence-electron chi connectivity index (χ2n) is 3.22. The zero-order valence-corrected chi connectivity index (χ0v) is 10.6. The first-order valence-electron chi connectivity index (χ1n) is 4.64. The summed E-state index contributed by atoms with van der Waals surface area (Å²) in [4.78, 5) is 2.03. The monoisotopic (exact) mass is 269 g/mol. The molecule has 0 saturated heterocycles. The summed E-state index contributed by atoms with van der Waals surface area (Å²) >= 11 is 13.6. The van der Waals surface area contributed by atoms with Crippen molar-refractivity contribution in [3.63, 3.8) is 0 Å². The number of nitrogens with two attached hydrogens (primary N) is 1. The Hall–Kier alpha value is -0.830. The first kappa shape index (κ1) is 11.6. The standard InChI is InChI=1S/C12H9Cl2NS/c13-9-7-12(10(14)6-11(9)15)16-8-4-2-1-3-5-8/h1-7H,15H2. The van der Waals surface area contributed by atoms with Gasteiger partial charge in [-0.3, -0.25) is 0 Å². The van der Waals surface area contributed by atoms with Crippen LogP contribution in [0.1, 0.15) is 0 Å². The molecule has 1 nitrogen and oxygen atoms in total. The van der Waals surface area contributed by atoms with E-state index in [2.05, 4.69) is 0 Å². The van der Waals surface area contributed by atoms with Crippen LogP contribution in [0.3, 0.4) is 0 Å². The summed E-state index contributed by atoms with van der Waals surface area (Å²) < 4.78 is 0. The average Bonchev–Trinajstić information content (AvgIpc) is 2.27. The number of halogens is 2. The van der Waals surface area contributed by atoms with E-state index in [9.17, 15) is 0 Å². The van der Waals surface area contributed by atoms with Gasteiger partial charge in [0.2, 0.25) is 0 Å². The molecule has 0 spiro atoms. The van der Waals surface area contributed by atoms with Crippen molar-refractivity contribution in [2.24, 2.45) is 0 Å². The first-order valence-corrected chi connectivity index (χ1v) is 6.21. The van der Waals surface area contributed by atoms with Gasteiger partial charge in [-0.05, 0) is 24.3 Å². The maximum Gasteiger partial charge on any atom is 0.0647 e. The van der Waals surface area contributed by atoms with Crippen molar-refractivity contribution in [2.45, 2.75) is 9.79 Å². The molecule has 0 aromatic heterocycles. The molecule has 0 aliphatic rings. The van der Waals surface area contributed by atoms with Crippen molar-refractivity contribution in [2.75, 3.05) is 5.73 Å². The van der Waals surface area contributed by atoms with Crippen molar-refractivity contribution in [3.05, 3.63) is 52.5 Å². The molecular formula is C12H9Cl2NS. The highest BCUT2D eigenvalue weighted by Crippen LogP contribution is 2.37. The molecule has 2 N–H and O–H groups in total. The Balaban J connectivity index is 2.32. The van der Waals surface area contributed by atoms with Gasteiger partial charge in [-0.2, -0.15) is 0 Å². The summed E-state index contributed by atoms with van der Waals surface area (Å²) in [6.07, 6.45) is 0. The van der Waals surface area contributed by atoms with E-state index in [-0.39, 0.29) is 0 Å². The Morgan fingerprint density at radius 2 is 1.62 bits per heavy atom. The van der Waals surface area contributed by atoms with Crippen LogP contribution in [0.4, 0.5) is 5.69 Å². The van der Waals surface area contributed by atoms with Gasteiger partial charge in [0.25, 0.3) is 0 Å². The molecule has 0 fully saturated rings. The number of rotatable bonds is 2. The van der Waals surface area contributed by atoms with Crippen LogP contribution in [-0.2, 0) is 0 Å². The average molecular weight is 270 g/mol. The van der Waals surface area contributed by atoms with E-state index in [0.29, 0.717) is 15.7 Å². The van der Waals surface area contributed by atoms with Gasteiger partial charge in [-0.15, -0.1) is 0 Å². The molecule has 0 amide bonds. The van der Waals surface area contributed by atoms with E-state index in [4.69, 9.17) is 28.9 Å². The summed E-state index contributed by atoms with van der Waals surface area (Å²) in [6, 6.07) is 13.4. The van der Waals surface area contributed by atoms with Crippen LogP contribution in [0.2, 0.25) is 10.0 Å². The molecule has 0 radical (unpaired) electrons. The van der Waals surface area contributed by atoms with E-state index in [1.165, 1.54) is 0 Å².